The van der Waals surface area contributed by atoms with E-state index in [4.69, 9.17) is 0 Å². The van der Waals surface area contributed by atoms with Crippen LogP contribution in [0.15, 0.2) is 88.5 Å². The number of benzene rings is 2. The van der Waals surface area contributed by atoms with Gasteiger partial charge in [0, 0.05) is 29.8 Å². The molecular weight excluding hydrogens is 418 g/mol. The molecule has 0 aliphatic rings. The zero-order chi connectivity index (χ0) is 23.2. The lowest BCUT2D eigenvalue weighted by atomic mass is 10.1. The van der Waals surface area contributed by atoms with Gasteiger partial charge in [-0.15, -0.1) is 0 Å². The van der Waals surface area contributed by atoms with E-state index in [1.54, 1.807) is 12.1 Å². The molecule has 1 amide bonds. The standard InChI is InChI=1S/C25H23N5O3/c1-18-7-9-20(10-8-18)22-12-14-25(33)30(28-22)17-23(31)26-15-16-29-24(32)13-11-21(27-29)19-5-3-2-4-6-19/h2-14H,15-17H2,1H3,(H,26,31). The van der Waals surface area contributed by atoms with Crippen molar-refractivity contribution in [2.24, 2.45) is 0 Å². The fraction of sp³-hybridized carbons (Fsp3) is 0.160. The van der Waals surface area contributed by atoms with Gasteiger partial charge in [0.05, 0.1) is 17.9 Å². The fourth-order valence-corrected chi connectivity index (χ4v) is 3.31. The average molecular weight is 441 g/mol. The zero-order valence-corrected chi connectivity index (χ0v) is 18.1. The van der Waals surface area contributed by atoms with Gasteiger partial charge in [0.2, 0.25) is 5.91 Å². The summed E-state index contributed by atoms with van der Waals surface area (Å²) in [5.41, 5.74) is 3.53. The molecule has 1 N–H and O–H groups in total. The molecule has 0 radical (unpaired) electrons. The molecule has 2 aromatic heterocycles. The van der Waals surface area contributed by atoms with Gasteiger partial charge in [-0.3, -0.25) is 14.4 Å². The number of rotatable bonds is 7. The van der Waals surface area contributed by atoms with Crippen molar-refractivity contribution in [2.45, 2.75) is 20.0 Å². The van der Waals surface area contributed by atoms with Crippen molar-refractivity contribution < 1.29 is 4.79 Å². The highest BCUT2D eigenvalue weighted by Crippen LogP contribution is 2.16. The third-order valence-electron chi connectivity index (χ3n) is 5.09. The number of amides is 1. The molecule has 0 fully saturated rings. The maximum Gasteiger partial charge on any atom is 0.267 e. The Kier molecular flexibility index (Phi) is 6.54. The molecule has 0 saturated heterocycles. The van der Waals surface area contributed by atoms with Crippen molar-refractivity contribution in [1.29, 1.82) is 0 Å². The minimum Gasteiger partial charge on any atom is -0.353 e. The molecule has 33 heavy (non-hydrogen) atoms. The zero-order valence-electron chi connectivity index (χ0n) is 18.1. The molecule has 8 heteroatoms. The quantitative estimate of drug-likeness (QED) is 0.474. The topological polar surface area (TPSA) is 98.9 Å². The van der Waals surface area contributed by atoms with E-state index >= 15 is 0 Å². The van der Waals surface area contributed by atoms with Crippen LogP contribution < -0.4 is 16.4 Å². The summed E-state index contributed by atoms with van der Waals surface area (Å²) in [7, 11) is 0. The van der Waals surface area contributed by atoms with E-state index in [1.807, 2.05) is 61.5 Å². The molecular formula is C25H23N5O3. The van der Waals surface area contributed by atoms with Crippen LogP contribution in [-0.4, -0.2) is 32.0 Å². The van der Waals surface area contributed by atoms with Gasteiger partial charge in [-0.1, -0.05) is 60.2 Å². The Morgan fingerprint density at radius 2 is 1.33 bits per heavy atom. The van der Waals surface area contributed by atoms with Gasteiger partial charge in [-0.2, -0.15) is 10.2 Å². The number of nitrogens with zero attached hydrogens (tertiary/aromatic N) is 4. The van der Waals surface area contributed by atoms with E-state index in [1.165, 1.54) is 16.8 Å². The van der Waals surface area contributed by atoms with Crippen LogP contribution in [-0.2, 0) is 17.9 Å². The predicted octanol–water partition coefficient (Wildman–Crippen LogP) is 2.26. The molecule has 0 atom stereocenters. The van der Waals surface area contributed by atoms with Crippen LogP contribution in [0.3, 0.4) is 0 Å². The van der Waals surface area contributed by atoms with E-state index in [0.717, 1.165) is 21.4 Å². The summed E-state index contributed by atoms with van der Waals surface area (Å²) in [4.78, 5) is 36.7. The summed E-state index contributed by atoms with van der Waals surface area (Å²) in [6.07, 6.45) is 0. The van der Waals surface area contributed by atoms with Gasteiger partial charge < -0.3 is 5.32 Å². The first-order valence-corrected chi connectivity index (χ1v) is 10.5. The molecule has 0 aliphatic carbocycles. The Hall–Kier alpha value is -4.33. The summed E-state index contributed by atoms with van der Waals surface area (Å²) in [6.45, 7) is 2.17. The smallest absolute Gasteiger partial charge is 0.267 e. The maximum atomic E-state index is 12.4. The van der Waals surface area contributed by atoms with Gasteiger partial charge in [0.25, 0.3) is 11.1 Å². The molecule has 0 bridgehead atoms. The highest BCUT2D eigenvalue weighted by atomic mass is 16.2. The first-order valence-electron chi connectivity index (χ1n) is 10.5. The fourth-order valence-electron chi connectivity index (χ4n) is 3.31. The molecule has 166 valence electrons. The third-order valence-corrected chi connectivity index (χ3v) is 5.09. The Morgan fingerprint density at radius 1 is 0.758 bits per heavy atom. The Labute approximate surface area is 190 Å². The molecule has 0 spiro atoms. The van der Waals surface area contributed by atoms with Gasteiger partial charge in [0.15, 0.2) is 0 Å². The SMILES string of the molecule is Cc1ccc(-c2ccc(=O)n(CC(=O)NCCn3nc(-c4ccccc4)ccc3=O)n2)cc1. The van der Waals surface area contributed by atoms with Crippen molar-refractivity contribution in [3.63, 3.8) is 0 Å². The van der Waals surface area contributed by atoms with E-state index in [0.29, 0.717) is 11.4 Å². The number of carbonyl (C=O) groups excluding carboxylic acids is 1. The van der Waals surface area contributed by atoms with Crippen molar-refractivity contribution in [3.05, 3.63) is 105 Å². The first-order chi connectivity index (χ1) is 16.0. The second-order valence-corrected chi connectivity index (χ2v) is 7.58. The largest absolute Gasteiger partial charge is 0.353 e. The minimum atomic E-state index is -0.377. The lowest BCUT2D eigenvalue weighted by Gasteiger charge is -2.10. The second-order valence-electron chi connectivity index (χ2n) is 7.58. The van der Waals surface area contributed by atoms with Crippen LogP contribution in [0.1, 0.15) is 5.56 Å². The van der Waals surface area contributed by atoms with Crippen LogP contribution in [0.4, 0.5) is 0 Å². The summed E-state index contributed by atoms with van der Waals surface area (Å²) in [5.74, 6) is -0.377. The lowest BCUT2D eigenvalue weighted by Crippen LogP contribution is -2.36. The number of hydrogen-bond donors (Lipinski definition) is 1. The van der Waals surface area contributed by atoms with Crippen molar-refractivity contribution in [2.75, 3.05) is 6.54 Å². The monoisotopic (exact) mass is 441 g/mol. The lowest BCUT2D eigenvalue weighted by molar-refractivity contribution is -0.121. The van der Waals surface area contributed by atoms with E-state index < -0.39 is 0 Å². The highest BCUT2D eigenvalue weighted by molar-refractivity contribution is 5.75. The number of carbonyl (C=O) groups is 1. The molecule has 2 aromatic carbocycles. The van der Waals surface area contributed by atoms with Crippen LogP contribution in [0.2, 0.25) is 0 Å². The normalized spacial score (nSPS) is 10.7. The average Bonchev–Trinajstić information content (AvgIpc) is 2.83. The van der Waals surface area contributed by atoms with Gasteiger partial charge in [-0.25, -0.2) is 9.36 Å². The van der Waals surface area contributed by atoms with Crippen LogP contribution in [0.25, 0.3) is 22.5 Å². The van der Waals surface area contributed by atoms with Gasteiger partial charge in [-0.05, 0) is 19.1 Å². The van der Waals surface area contributed by atoms with Crippen molar-refractivity contribution >= 4 is 5.91 Å². The Bertz CT molecular complexity index is 1380. The number of hydrogen-bond acceptors (Lipinski definition) is 5. The van der Waals surface area contributed by atoms with E-state index in [9.17, 15) is 14.4 Å². The summed E-state index contributed by atoms with van der Waals surface area (Å²) in [5, 5.41) is 11.4. The maximum absolute atomic E-state index is 12.4. The molecule has 0 aliphatic heterocycles. The van der Waals surface area contributed by atoms with E-state index in [-0.39, 0.29) is 36.7 Å². The highest BCUT2D eigenvalue weighted by Gasteiger charge is 2.09. The van der Waals surface area contributed by atoms with Gasteiger partial charge >= 0.3 is 0 Å². The molecule has 2 heterocycles. The van der Waals surface area contributed by atoms with E-state index in [2.05, 4.69) is 15.5 Å². The van der Waals surface area contributed by atoms with Crippen molar-refractivity contribution in [1.82, 2.24) is 24.9 Å². The summed E-state index contributed by atoms with van der Waals surface area (Å²) < 4.78 is 2.44. The van der Waals surface area contributed by atoms with Crippen LogP contribution in [0.5, 0.6) is 0 Å². The summed E-state index contributed by atoms with van der Waals surface area (Å²) in [6, 6.07) is 23.4. The third kappa shape index (κ3) is 5.48. The summed E-state index contributed by atoms with van der Waals surface area (Å²) >= 11 is 0. The first kappa shape index (κ1) is 21.9. The molecule has 8 nitrogen and oxygen atoms in total. The minimum absolute atomic E-state index is 0.191. The van der Waals surface area contributed by atoms with Crippen LogP contribution >= 0.6 is 0 Å². The molecule has 4 aromatic rings. The van der Waals surface area contributed by atoms with Crippen molar-refractivity contribution in [3.8, 4) is 22.5 Å². The van der Waals surface area contributed by atoms with Crippen LogP contribution in [0, 0.1) is 6.92 Å². The Balaban J connectivity index is 1.39. The number of nitrogens with one attached hydrogen (secondary N) is 1. The molecule has 4 rings (SSSR count). The molecule has 0 unspecified atom stereocenters. The number of aromatic nitrogens is 4. The predicted molar refractivity (Wildman–Crippen MR) is 126 cm³/mol. The Morgan fingerprint density at radius 3 is 2.00 bits per heavy atom. The number of aryl methyl sites for hydroxylation is 1. The molecule has 0 saturated carbocycles. The van der Waals surface area contributed by atoms with Gasteiger partial charge in [0.1, 0.15) is 6.54 Å². The second kappa shape index (κ2) is 9.86.